The van der Waals surface area contributed by atoms with Crippen molar-refractivity contribution in [2.24, 2.45) is 5.73 Å². The minimum Gasteiger partial charge on any atom is -0.435 e. The number of benzene rings is 1. The Morgan fingerprint density at radius 2 is 2.21 bits per heavy atom. The fraction of sp³-hybridized carbons (Fsp3) is 0.200. The van der Waals surface area contributed by atoms with Gasteiger partial charge in [-0.2, -0.15) is 8.78 Å². The molecule has 0 bridgehead atoms. The Labute approximate surface area is 80.7 Å². The summed E-state index contributed by atoms with van der Waals surface area (Å²) in [5.41, 5.74) is 5.78. The van der Waals surface area contributed by atoms with Crippen molar-refractivity contribution in [2.75, 3.05) is 6.54 Å². The molecule has 0 atom stereocenters. The van der Waals surface area contributed by atoms with Crippen LogP contribution in [0.5, 0.6) is 5.75 Å². The van der Waals surface area contributed by atoms with Crippen LogP contribution >= 0.6 is 0 Å². The van der Waals surface area contributed by atoms with E-state index in [0.29, 0.717) is 5.56 Å². The van der Waals surface area contributed by atoms with Crippen LogP contribution in [0.15, 0.2) is 24.3 Å². The number of halogens is 2. The smallest absolute Gasteiger partial charge is 0.387 e. The molecular weight excluding hydrogens is 188 g/mol. The van der Waals surface area contributed by atoms with Crippen LogP contribution in [0.3, 0.4) is 0 Å². The third-order valence-electron chi connectivity index (χ3n) is 1.39. The first kappa shape index (κ1) is 10.5. The topological polar surface area (TPSA) is 35.2 Å². The van der Waals surface area contributed by atoms with E-state index in [0.717, 1.165) is 0 Å². The van der Waals surface area contributed by atoms with Gasteiger partial charge < -0.3 is 10.5 Å². The van der Waals surface area contributed by atoms with E-state index in [1.165, 1.54) is 12.1 Å². The Morgan fingerprint density at radius 3 is 2.86 bits per heavy atom. The van der Waals surface area contributed by atoms with Crippen molar-refractivity contribution in [3.05, 3.63) is 29.8 Å². The van der Waals surface area contributed by atoms with Crippen LogP contribution < -0.4 is 10.5 Å². The van der Waals surface area contributed by atoms with Crippen LogP contribution in [0.4, 0.5) is 8.78 Å². The van der Waals surface area contributed by atoms with Gasteiger partial charge >= 0.3 is 6.61 Å². The van der Waals surface area contributed by atoms with Gasteiger partial charge in [0.05, 0.1) is 6.54 Å². The first-order valence-corrected chi connectivity index (χ1v) is 3.96. The first-order chi connectivity index (χ1) is 6.72. The molecule has 0 saturated carbocycles. The summed E-state index contributed by atoms with van der Waals surface area (Å²) in [4.78, 5) is 0. The summed E-state index contributed by atoms with van der Waals surface area (Å²) in [6.07, 6.45) is 0. The van der Waals surface area contributed by atoms with Crippen LogP contribution in [0, 0.1) is 11.8 Å². The average molecular weight is 197 g/mol. The number of hydrogen-bond donors (Lipinski definition) is 1. The van der Waals surface area contributed by atoms with Crippen molar-refractivity contribution < 1.29 is 13.5 Å². The molecule has 0 aromatic heterocycles. The van der Waals surface area contributed by atoms with E-state index in [9.17, 15) is 8.78 Å². The Kier molecular flexibility index (Phi) is 3.89. The molecule has 0 radical (unpaired) electrons. The highest BCUT2D eigenvalue weighted by Crippen LogP contribution is 2.14. The van der Waals surface area contributed by atoms with E-state index in [1.54, 1.807) is 12.1 Å². The Balaban J connectivity index is 2.78. The Hall–Kier alpha value is -1.60. The number of alkyl halides is 2. The van der Waals surface area contributed by atoms with Gasteiger partial charge in [-0.05, 0) is 18.2 Å². The van der Waals surface area contributed by atoms with E-state index in [4.69, 9.17) is 5.73 Å². The largest absolute Gasteiger partial charge is 0.435 e. The van der Waals surface area contributed by atoms with Gasteiger partial charge in [0.2, 0.25) is 0 Å². The highest BCUT2D eigenvalue weighted by atomic mass is 19.3. The molecule has 0 aliphatic rings. The number of rotatable bonds is 2. The van der Waals surface area contributed by atoms with Crippen LogP contribution in [0.2, 0.25) is 0 Å². The summed E-state index contributed by atoms with van der Waals surface area (Å²) in [5.74, 6) is 5.44. The fourth-order valence-electron chi connectivity index (χ4n) is 0.903. The molecule has 0 spiro atoms. The third kappa shape index (κ3) is 3.42. The molecule has 0 unspecified atom stereocenters. The van der Waals surface area contributed by atoms with Crippen molar-refractivity contribution in [2.45, 2.75) is 6.61 Å². The fourth-order valence-corrected chi connectivity index (χ4v) is 0.903. The maximum atomic E-state index is 11.8. The minimum absolute atomic E-state index is 0.101. The van der Waals surface area contributed by atoms with E-state index < -0.39 is 6.61 Å². The summed E-state index contributed by atoms with van der Waals surface area (Å²) in [5, 5.41) is 0. The standard InChI is InChI=1S/C10H9F2NO/c11-10(12)14-9-5-1-3-8(7-9)4-2-6-13/h1,3,5,7,10H,6,13H2. The van der Waals surface area contributed by atoms with Gasteiger partial charge in [0.25, 0.3) is 0 Å². The lowest BCUT2D eigenvalue weighted by molar-refractivity contribution is -0.0498. The van der Waals surface area contributed by atoms with Gasteiger partial charge in [-0.25, -0.2) is 0 Å². The zero-order chi connectivity index (χ0) is 10.4. The van der Waals surface area contributed by atoms with Crippen molar-refractivity contribution in [1.29, 1.82) is 0 Å². The van der Waals surface area contributed by atoms with E-state index >= 15 is 0 Å². The number of nitrogens with two attached hydrogens (primary N) is 1. The van der Waals surface area contributed by atoms with Crippen molar-refractivity contribution >= 4 is 0 Å². The summed E-state index contributed by atoms with van der Waals surface area (Å²) >= 11 is 0. The third-order valence-corrected chi connectivity index (χ3v) is 1.39. The van der Waals surface area contributed by atoms with Gasteiger partial charge in [0.1, 0.15) is 5.75 Å². The maximum absolute atomic E-state index is 11.8. The van der Waals surface area contributed by atoms with Crippen molar-refractivity contribution in [1.82, 2.24) is 0 Å². The predicted octanol–water partition coefficient (Wildman–Crippen LogP) is 1.60. The SMILES string of the molecule is NCC#Cc1cccc(OC(F)F)c1. The highest BCUT2D eigenvalue weighted by molar-refractivity contribution is 5.39. The lowest BCUT2D eigenvalue weighted by Crippen LogP contribution is -2.01. The van der Waals surface area contributed by atoms with Crippen LogP contribution in [0.25, 0.3) is 0 Å². The monoisotopic (exact) mass is 197 g/mol. The number of ether oxygens (including phenoxy) is 1. The molecule has 1 aromatic carbocycles. The number of hydrogen-bond acceptors (Lipinski definition) is 2. The second kappa shape index (κ2) is 5.20. The van der Waals surface area contributed by atoms with Gasteiger partial charge in [-0.3, -0.25) is 0 Å². The first-order valence-electron chi connectivity index (χ1n) is 3.96. The predicted molar refractivity (Wildman–Crippen MR) is 49.0 cm³/mol. The van der Waals surface area contributed by atoms with Crippen LogP contribution in [-0.2, 0) is 0 Å². The molecule has 0 saturated heterocycles. The molecule has 2 N–H and O–H groups in total. The molecule has 4 heteroatoms. The van der Waals surface area contributed by atoms with Gasteiger partial charge in [-0.15, -0.1) is 0 Å². The van der Waals surface area contributed by atoms with Crippen LogP contribution in [-0.4, -0.2) is 13.2 Å². The van der Waals surface area contributed by atoms with Gasteiger partial charge in [0, 0.05) is 5.56 Å². The van der Waals surface area contributed by atoms with E-state index in [2.05, 4.69) is 16.6 Å². The Bertz CT molecular complexity index is 355. The molecule has 1 aromatic rings. The molecule has 0 amide bonds. The lowest BCUT2D eigenvalue weighted by atomic mass is 10.2. The molecule has 0 heterocycles. The summed E-state index contributed by atoms with van der Waals surface area (Å²) in [6.45, 7) is -2.58. The summed E-state index contributed by atoms with van der Waals surface area (Å²) in [7, 11) is 0. The molecular formula is C10H9F2NO. The second-order valence-corrected chi connectivity index (χ2v) is 2.41. The second-order valence-electron chi connectivity index (χ2n) is 2.41. The molecule has 1 rings (SSSR count). The molecule has 14 heavy (non-hydrogen) atoms. The summed E-state index contributed by atoms with van der Waals surface area (Å²) < 4.78 is 27.9. The zero-order valence-electron chi connectivity index (χ0n) is 7.34. The quantitative estimate of drug-likeness (QED) is 0.731. The zero-order valence-corrected chi connectivity index (χ0v) is 7.34. The van der Waals surface area contributed by atoms with Crippen molar-refractivity contribution in [3.8, 4) is 17.6 Å². The van der Waals surface area contributed by atoms with E-state index in [1.807, 2.05) is 0 Å². The molecule has 0 fully saturated rings. The Morgan fingerprint density at radius 1 is 1.43 bits per heavy atom. The normalized spacial score (nSPS) is 9.43. The lowest BCUT2D eigenvalue weighted by Gasteiger charge is -2.03. The van der Waals surface area contributed by atoms with Crippen molar-refractivity contribution in [3.63, 3.8) is 0 Å². The summed E-state index contributed by atoms with van der Waals surface area (Å²) in [6, 6.07) is 6.17. The molecule has 0 aliphatic heterocycles. The van der Waals surface area contributed by atoms with Gasteiger partial charge in [0.15, 0.2) is 0 Å². The highest BCUT2D eigenvalue weighted by Gasteiger charge is 2.03. The molecule has 2 nitrogen and oxygen atoms in total. The molecule has 0 aliphatic carbocycles. The maximum Gasteiger partial charge on any atom is 0.387 e. The van der Waals surface area contributed by atoms with Crippen LogP contribution in [0.1, 0.15) is 5.56 Å². The average Bonchev–Trinajstić information content (AvgIpc) is 2.14. The minimum atomic E-state index is -2.81. The van der Waals surface area contributed by atoms with Gasteiger partial charge in [-0.1, -0.05) is 17.9 Å². The molecule has 74 valence electrons. The van der Waals surface area contributed by atoms with E-state index in [-0.39, 0.29) is 12.3 Å².